The quantitative estimate of drug-likeness (QED) is 0.617. The zero-order valence-electron chi connectivity index (χ0n) is 12.2. The molecule has 0 aromatic heterocycles. The first-order chi connectivity index (χ1) is 9.63. The summed E-state index contributed by atoms with van der Waals surface area (Å²) in [6.45, 7) is 6.03. The van der Waals surface area contributed by atoms with E-state index in [0.717, 1.165) is 12.0 Å². The molecule has 3 N–H and O–H groups in total. The fourth-order valence-corrected chi connectivity index (χ4v) is 1.60. The van der Waals surface area contributed by atoms with Crippen molar-refractivity contribution in [3.63, 3.8) is 0 Å². The van der Waals surface area contributed by atoms with Gasteiger partial charge >= 0.3 is 0 Å². The van der Waals surface area contributed by atoms with Gasteiger partial charge in [-0.15, -0.1) is 0 Å². The van der Waals surface area contributed by atoms with Crippen LogP contribution in [0.15, 0.2) is 24.3 Å². The summed E-state index contributed by atoms with van der Waals surface area (Å²) in [6, 6.07) is 7.42. The smallest absolute Gasteiger partial charge is 0.251 e. The maximum absolute atomic E-state index is 11.8. The molecule has 5 heteroatoms. The van der Waals surface area contributed by atoms with E-state index in [1.807, 2.05) is 26.0 Å². The Labute approximate surface area is 120 Å². The number of hydrogen-bond donors (Lipinski definition) is 3. The zero-order chi connectivity index (χ0) is 14.8. The highest BCUT2D eigenvalue weighted by Crippen LogP contribution is 2.02. The number of amides is 2. The van der Waals surface area contributed by atoms with Crippen molar-refractivity contribution >= 4 is 11.8 Å². The molecule has 0 radical (unpaired) electrons. The van der Waals surface area contributed by atoms with Crippen LogP contribution in [0.3, 0.4) is 0 Å². The second-order valence-electron chi connectivity index (χ2n) is 4.65. The van der Waals surface area contributed by atoms with Crippen LogP contribution >= 0.6 is 0 Å². The molecule has 0 aliphatic carbocycles. The van der Waals surface area contributed by atoms with E-state index < -0.39 is 0 Å². The molecule has 2 amide bonds. The molecule has 0 saturated heterocycles. The number of aryl methyl sites for hydroxylation is 1. The third-order valence-electron chi connectivity index (χ3n) is 2.76. The van der Waals surface area contributed by atoms with Crippen molar-refractivity contribution in [3.05, 3.63) is 35.4 Å². The third-order valence-corrected chi connectivity index (χ3v) is 2.76. The second-order valence-corrected chi connectivity index (χ2v) is 4.65. The molecule has 0 heterocycles. The summed E-state index contributed by atoms with van der Waals surface area (Å²) in [5.74, 6) is -0.112. The maximum Gasteiger partial charge on any atom is 0.251 e. The lowest BCUT2D eigenvalue weighted by atomic mass is 10.1. The van der Waals surface area contributed by atoms with Crippen LogP contribution in [0.25, 0.3) is 0 Å². The first-order valence-corrected chi connectivity index (χ1v) is 6.95. The number of rotatable bonds is 8. The normalized spacial score (nSPS) is 10.1. The molecule has 1 aromatic rings. The van der Waals surface area contributed by atoms with Gasteiger partial charge in [0, 0.05) is 25.2 Å². The van der Waals surface area contributed by atoms with Crippen molar-refractivity contribution < 1.29 is 9.59 Å². The number of carbonyl (C=O) groups excluding carboxylic acids is 2. The summed E-state index contributed by atoms with van der Waals surface area (Å²) in [5, 5.41) is 8.56. The molecule has 5 nitrogen and oxygen atoms in total. The summed E-state index contributed by atoms with van der Waals surface area (Å²) in [4.78, 5) is 23.1. The minimum absolute atomic E-state index is 0.0169. The molecule has 0 atom stereocenters. The zero-order valence-corrected chi connectivity index (χ0v) is 12.2. The number of carbonyl (C=O) groups is 2. The fourth-order valence-electron chi connectivity index (χ4n) is 1.60. The Morgan fingerprint density at radius 2 is 1.70 bits per heavy atom. The highest BCUT2D eigenvalue weighted by Gasteiger charge is 2.04. The molecular weight excluding hydrogens is 254 g/mol. The first-order valence-electron chi connectivity index (χ1n) is 6.95. The summed E-state index contributed by atoms with van der Waals surface area (Å²) >= 11 is 0. The second kappa shape index (κ2) is 9.09. The van der Waals surface area contributed by atoms with Gasteiger partial charge in [-0.2, -0.15) is 0 Å². The van der Waals surface area contributed by atoms with E-state index in [-0.39, 0.29) is 18.4 Å². The van der Waals surface area contributed by atoms with Gasteiger partial charge in [-0.25, -0.2) is 0 Å². The van der Waals surface area contributed by atoms with E-state index in [1.165, 1.54) is 0 Å². The molecule has 0 aliphatic rings. The van der Waals surface area contributed by atoms with Gasteiger partial charge in [0.1, 0.15) is 0 Å². The van der Waals surface area contributed by atoms with Crippen molar-refractivity contribution in [1.29, 1.82) is 0 Å². The van der Waals surface area contributed by atoms with Gasteiger partial charge in [-0.1, -0.05) is 24.6 Å². The van der Waals surface area contributed by atoms with E-state index in [2.05, 4.69) is 16.0 Å². The maximum atomic E-state index is 11.8. The van der Waals surface area contributed by atoms with Gasteiger partial charge in [-0.05, 0) is 25.5 Å². The molecule has 0 aliphatic heterocycles. The lowest BCUT2D eigenvalue weighted by Gasteiger charge is -2.07. The van der Waals surface area contributed by atoms with Gasteiger partial charge < -0.3 is 16.0 Å². The van der Waals surface area contributed by atoms with Crippen LogP contribution in [0.1, 0.15) is 29.3 Å². The van der Waals surface area contributed by atoms with Crippen LogP contribution in [0.5, 0.6) is 0 Å². The Bertz CT molecular complexity index is 429. The Morgan fingerprint density at radius 1 is 1.00 bits per heavy atom. The van der Waals surface area contributed by atoms with E-state index >= 15 is 0 Å². The van der Waals surface area contributed by atoms with Crippen LogP contribution in [0.4, 0.5) is 0 Å². The molecule has 0 spiro atoms. The van der Waals surface area contributed by atoms with Crippen molar-refractivity contribution in [3.8, 4) is 0 Å². The van der Waals surface area contributed by atoms with Crippen LogP contribution < -0.4 is 16.0 Å². The average Bonchev–Trinajstić information content (AvgIpc) is 2.45. The molecule has 1 rings (SSSR count). The molecule has 20 heavy (non-hydrogen) atoms. The van der Waals surface area contributed by atoms with Crippen LogP contribution in [0.2, 0.25) is 0 Å². The number of hydrogen-bond acceptors (Lipinski definition) is 3. The molecule has 110 valence electrons. The highest BCUT2D eigenvalue weighted by molar-refractivity contribution is 5.94. The monoisotopic (exact) mass is 277 g/mol. The largest absolute Gasteiger partial charge is 0.355 e. The van der Waals surface area contributed by atoms with E-state index in [1.54, 1.807) is 12.1 Å². The van der Waals surface area contributed by atoms with Crippen LogP contribution in [-0.4, -0.2) is 38.0 Å². The standard InChI is InChI=1S/C15H23N3O2/c1-3-8-17-14(19)11-16-9-10-18-15(20)13-6-4-12(2)5-7-13/h4-7,16H,3,8-11H2,1-2H3,(H,17,19)(H,18,20). The van der Waals surface area contributed by atoms with E-state index in [4.69, 9.17) is 0 Å². The molecule has 0 saturated carbocycles. The van der Waals surface area contributed by atoms with Gasteiger partial charge in [-0.3, -0.25) is 9.59 Å². The van der Waals surface area contributed by atoms with Crippen LogP contribution in [0, 0.1) is 6.92 Å². The molecular formula is C15H23N3O2. The van der Waals surface area contributed by atoms with Gasteiger partial charge in [0.2, 0.25) is 5.91 Å². The summed E-state index contributed by atoms with van der Waals surface area (Å²) in [5.41, 5.74) is 1.78. The van der Waals surface area contributed by atoms with Crippen LogP contribution in [-0.2, 0) is 4.79 Å². The minimum atomic E-state index is -0.0952. The molecule has 0 bridgehead atoms. The Morgan fingerprint density at radius 3 is 2.35 bits per heavy atom. The molecule has 0 unspecified atom stereocenters. The lowest BCUT2D eigenvalue weighted by Crippen LogP contribution is -2.38. The molecule has 0 fully saturated rings. The third kappa shape index (κ3) is 6.33. The van der Waals surface area contributed by atoms with Crippen molar-refractivity contribution in [2.45, 2.75) is 20.3 Å². The first kappa shape index (κ1) is 16.2. The Hall–Kier alpha value is -1.88. The minimum Gasteiger partial charge on any atom is -0.355 e. The van der Waals surface area contributed by atoms with E-state index in [9.17, 15) is 9.59 Å². The topological polar surface area (TPSA) is 70.2 Å². The van der Waals surface area contributed by atoms with Crippen molar-refractivity contribution in [2.24, 2.45) is 0 Å². The predicted octanol–water partition coefficient (Wildman–Crippen LogP) is 0.841. The van der Waals surface area contributed by atoms with E-state index in [0.29, 0.717) is 25.2 Å². The number of nitrogens with one attached hydrogen (secondary N) is 3. The number of benzene rings is 1. The summed E-state index contributed by atoms with van der Waals surface area (Å²) in [7, 11) is 0. The van der Waals surface area contributed by atoms with Crippen molar-refractivity contribution in [1.82, 2.24) is 16.0 Å². The highest BCUT2D eigenvalue weighted by atomic mass is 16.2. The van der Waals surface area contributed by atoms with Gasteiger partial charge in [0.25, 0.3) is 5.91 Å². The van der Waals surface area contributed by atoms with Gasteiger partial charge in [0.05, 0.1) is 6.54 Å². The SMILES string of the molecule is CCCNC(=O)CNCCNC(=O)c1ccc(C)cc1. The molecule has 1 aromatic carbocycles. The average molecular weight is 277 g/mol. The summed E-state index contributed by atoms with van der Waals surface area (Å²) < 4.78 is 0. The Balaban J connectivity index is 2.13. The predicted molar refractivity (Wildman–Crippen MR) is 79.7 cm³/mol. The summed E-state index contributed by atoms with van der Waals surface area (Å²) in [6.07, 6.45) is 0.929. The van der Waals surface area contributed by atoms with Crippen molar-refractivity contribution in [2.75, 3.05) is 26.2 Å². The lowest BCUT2D eigenvalue weighted by molar-refractivity contribution is -0.120. The fraction of sp³-hybridized carbons (Fsp3) is 0.467. The van der Waals surface area contributed by atoms with Gasteiger partial charge in [0.15, 0.2) is 0 Å². The Kier molecular flexibility index (Phi) is 7.35.